The Morgan fingerprint density at radius 3 is 2.75 bits per heavy atom. The molecule has 1 heterocycles. The van der Waals surface area contributed by atoms with Crippen molar-refractivity contribution in [2.45, 2.75) is 26.8 Å². The summed E-state index contributed by atoms with van der Waals surface area (Å²) in [6.07, 6.45) is 0.877. The van der Waals surface area contributed by atoms with Crippen LogP contribution in [0.1, 0.15) is 29.4 Å². The minimum atomic E-state index is -1.02. The summed E-state index contributed by atoms with van der Waals surface area (Å²) in [5, 5.41) is 13.3. The number of hydrogen-bond acceptors (Lipinski definition) is 3. The number of hydrogen-bond donors (Lipinski definition) is 1. The monoisotopic (exact) mass is 274 g/mol. The fourth-order valence-electron chi connectivity index (χ4n) is 2.14. The van der Waals surface area contributed by atoms with Crippen molar-refractivity contribution in [1.29, 1.82) is 0 Å². The molecular weight excluding hydrogens is 256 g/mol. The van der Waals surface area contributed by atoms with Crippen LogP contribution in [-0.4, -0.2) is 28.0 Å². The van der Waals surface area contributed by atoms with Crippen molar-refractivity contribution < 1.29 is 14.6 Å². The second-order valence-electron chi connectivity index (χ2n) is 4.65. The summed E-state index contributed by atoms with van der Waals surface area (Å²) >= 11 is 0. The third kappa shape index (κ3) is 2.66. The maximum Gasteiger partial charge on any atom is 0.356 e. The van der Waals surface area contributed by atoms with E-state index >= 15 is 0 Å². The molecule has 0 aliphatic rings. The van der Waals surface area contributed by atoms with Gasteiger partial charge in [0.15, 0.2) is 5.69 Å². The van der Waals surface area contributed by atoms with Gasteiger partial charge < -0.3 is 9.84 Å². The Morgan fingerprint density at radius 1 is 1.40 bits per heavy atom. The van der Waals surface area contributed by atoms with Gasteiger partial charge in [-0.15, -0.1) is 0 Å². The molecule has 1 N–H and O–H groups in total. The molecule has 5 heteroatoms. The van der Waals surface area contributed by atoms with Crippen LogP contribution in [-0.2, 0) is 6.54 Å². The number of carbonyl (C=O) groups is 1. The number of carboxylic acids is 1. The van der Waals surface area contributed by atoms with Crippen LogP contribution in [0.15, 0.2) is 24.3 Å². The van der Waals surface area contributed by atoms with Crippen molar-refractivity contribution in [3.05, 3.63) is 35.5 Å². The fraction of sp³-hybridized carbons (Fsp3) is 0.333. The molecule has 20 heavy (non-hydrogen) atoms. The van der Waals surface area contributed by atoms with E-state index in [1.165, 1.54) is 0 Å². The van der Waals surface area contributed by atoms with Gasteiger partial charge in [0.05, 0.1) is 12.8 Å². The molecule has 0 saturated carbocycles. The molecule has 0 bridgehead atoms. The van der Waals surface area contributed by atoms with Crippen molar-refractivity contribution in [1.82, 2.24) is 9.78 Å². The molecule has 0 atom stereocenters. The van der Waals surface area contributed by atoms with E-state index in [2.05, 4.69) is 5.10 Å². The Kier molecular flexibility index (Phi) is 4.08. The highest BCUT2D eigenvalue weighted by molar-refractivity contribution is 5.87. The van der Waals surface area contributed by atoms with Gasteiger partial charge in [-0.05, 0) is 31.5 Å². The molecule has 0 fully saturated rings. The third-order valence-corrected chi connectivity index (χ3v) is 3.07. The quantitative estimate of drug-likeness (QED) is 0.910. The Balaban J connectivity index is 2.61. The van der Waals surface area contributed by atoms with E-state index in [0.29, 0.717) is 12.3 Å². The van der Waals surface area contributed by atoms with Crippen LogP contribution in [0.3, 0.4) is 0 Å². The summed E-state index contributed by atoms with van der Waals surface area (Å²) in [5.41, 5.74) is 2.77. The van der Waals surface area contributed by atoms with E-state index in [0.717, 1.165) is 23.2 Å². The number of rotatable bonds is 5. The predicted octanol–water partition coefficient (Wildman–Crippen LogP) is 2.98. The zero-order valence-electron chi connectivity index (χ0n) is 11.9. The average molecular weight is 274 g/mol. The normalized spacial score (nSPS) is 10.6. The van der Waals surface area contributed by atoms with E-state index in [1.54, 1.807) is 17.9 Å². The first-order chi connectivity index (χ1) is 9.56. The summed E-state index contributed by atoms with van der Waals surface area (Å²) in [6.45, 7) is 4.68. The number of benzene rings is 1. The SMILES string of the molecule is CCCn1nc(C(=O)O)cc1-c1cc(C)ccc1OC. The molecule has 0 amide bonds. The molecule has 0 aliphatic heterocycles. The Labute approximate surface area is 117 Å². The maximum atomic E-state index is 11.1. The number of ether oxygens (including phenoxy) is 1. The van der Waals surface area contributed by atoms with E-state index < -0.39 is 5.97 Å². The molecular formula is C15H18N2O3. The number of aromatic carboxylic acids is 1. The van der Waals surface area contributed by atoms with Crippen LogP contribution in [0.5, 0.6) is 5.75 Å². The lowest BCUT2D eigenvalue weighted by atomic mass is 10.1. The molecule has 1 aromatic heterocycles. The van der Waals surface area contributed by atoms with Crippen LogP contribution in [0.2, 0.25) is 0 Å². The largest absolute Gasteiger partial charge is 0.496 e. The minimum Gasteiger partial charge on any atom is -0.496 e. The van der Waals surface area contributed by atoms with Gasteiger partial charge >= 0.3 is 5.97 Å². The van der Waals surface area contributed by atoms with Gasteiger partial charge in [0.1, 0.15) is 5.75 Å². The summed E-state index contributed by atoms with van der Waals surface area (Å²) < 4.78 is 7.09. The lowest BCUT2D eigenvalue weighted by Gasteiger charge is -2.11. The average Bonchev–Trinajstić information content (AvgIpc) is 2.83. The van der Waals surface area contributed by atoms with Gasteiger partial charge in [-0.3, -0.25) is 4.68 Å². The smallest absolute Gasteiger partial charge is 0.356 e. The molecule has 106 valence electrons. The van der Waals surface area contributed by atoms with Gasteiger partial charge in [-0.2, -0.15) is 5.10 Å². The van der Waals surface area contributed by atoms with Gasteiger partial charge in [0.25, 0.3) is 0 Å². The van der Waals surface area contributed by atoms with Crippen molar-refractivity contribution in [2.24, 2.45) is 0 Å². The number of nitrogens with zero attached hydrogens (tertiary/aromatic N) is 2. The Hall–Kier alpha value is -2.30. The molecule has 5 nitrogen and oxygen atoms in total. The standard InChI is InChI=1S/C15H18N2O3/c1-4-7-17-13(9-12(16-17)15(18)19)11-8-10(2)5-6-14(11)20-3/h5-6,8-9H,4,7H2,1-3H3,(H,18,19). The zero-order valence-corrected chi connectivity index (χ0v) is 11.9. The molecule has 2 rings (SSSR count). The lowest BCUT2D eigenvalue weighted by Crippen LogP contribution is -2.04. The van der Waals surface area contributed by atoms with E-state index in [4.69, 9.17) is 9.84 Å². The van der Waals surface area contributed by atoms with E-state index in [9.17, 15) is 4.79 Å². The first-order valence-corrected chi connectivity index (χ1v) is 6.53. The van der Waals surface area contributed by atoms with Crippen molar-refractivity contribution in [3.8, 4) is 17.0 Å². The Bertz CT molecular complexity index is 632. The first kappa shape index (κ1) is 14.1. The third-order valence-electron chi connectivity index (χ3n) is 3.07. The van der Waals surface area contributed by atoms with Crippen LogP contribution in [0, 0.1) is 6.92 Å². The van der Waals surface area contributed by atoms with E-state index in [-0.39, 0.29) is 5.69 Å². The highest BCUT2D eigenvalue weighted by atomic mass is 16.5. The second-order valence-corrected chi connectivity index (χ2v) is 4.65. The number of carboxylic acid groups (broad SMARTS) is 1. The number of aromatic nitrogens is 2. The van der Waals surface area contributed by atoms with Gasteiger partial charge in [0.2, 0.25) is 0 Å². The molecule has 2 aromatic rings. The topological polar surface area (TPSA) is 64.4 Å². The van der Waals surface area contributed by atoms with E-state index in [1.807, 2.05) is 32.0 Å². The van der Waals surface area contributed by atoms with Crippen LogP contribution < -0.4 is 4.74 Å². The van der Waals surface area contributed by atoms with Gasteiger partial charge in [-0.25, -0.2) is 4.79 Å². The first-order valence-electron chi connectivity index (χ1n) is 6.53. The second kappa shape index (κ2) is 5.77. The van der Waals surface area contributed by atoms with Crippen LogP contribution >= 0.6 is 0 Å². The minimum absolute atomic E-state index is 0.0528. The zero-order chi connectivity index (χ0) is 14.7. The molecule has 0 aliphatic carbocycles. The summed E-state index contributed by atoms with van der Waals surface area (Å²) in [7, 11) is 1.60. The van der Waals surface area contributed by atoms with Gasteiger partial charge in [-0.1, -0.05) is 18.6 Å². The van der Waals surface area contributed by atoms with Crippen LogP contribution in [0.25, 0.3) is 11.3 Å². The summed E-state index contributed by atoms with van der Waals surface area (Å²) in [4.78, 5) is 11.1. The highest BCUT2D eigenvalue weighted by Crippen LogP contribution is 2.31. The fourth-order valence-corrected chi connectivity index (χ4v) is 2.14. The predicted molar refractivity (Wildman–Crippen MR) is 76.2 cm³/mol. The number of methoxy groups -OCH3 is 1. The molecule has 0 spiro atoms. The van der Waals surface area contributed by atoms with Crippen molar-refractivity contribution in [3.63, 3.8) is 0 Å². The molecule has 0 unspecified atom stereocenters. The summed E-state index contributed by atoms with van der Waals surface area (Å²) in [6, 6.07) is 7.41. The van der Waals surface area contributed by atoms with Crippen LogP contribution in [0.4, 0.5) is 0 Å². The molecule has 0 saturated heterocycles. The Morgan fingerprint density at radius 2 is 2.15 bits per heavy atom. The lowest BCUT2D eigenvalue weighted by molar-refractivity contribution is 0.0689. The highest BCUT2D eigenvalue weighted by Gasteiger charge is 2.17. The summed E-state index contributed by atoms with van der Waals surface area (Å²) in [5.74, 6) is -0.308. The van der Waals surface area contributed by atoms with Gasteiger partial charge in [0, 0.05) is 12.1 Å². The number of aryl methyl sites for hydroxylation is 2. The van der Waals surface area contributed by atoms with Crippen molar-refractivity contribution in [2.75, 3.05) is 7.11 Å². The molecule has 0 radical (unpaired) electrons. The molecule has 1 aromatic carbocycles. The van der Waals surface area contributed by atoms with Crippen molar-refractivity contribution >= 4 is 5.97 Å². The maximum absolute atomic E-state index is 11.1.